The number of pyridine rings is 1. The van der Waals surface area contributed by atoms with Gasteiger partial charge in [0.25, 0.3) is 0 Å². The summed E-state index contributed by atoms with van der Waals surface area (Å²) in [6.45, 7) is 2.46. The molecule has 0 saturated heterocycles. The van der Waals surface area contributed by atoms with Crippen LogP contribution in [0.25, 0.3) is 0 Å². The van der Waals surface area contributed by atoms with Crippen molar-refractivity contribution < 1.29 is 28.2 Å². The molecule has 100 valence electrons. The van der Waals surface area contributed by atoms with Crippen LogP contribution in [0.5, 0.6) is 0 Å². The Bertz CT molecular complexity index is 457. The van der Waals surface area contributed by atoms with Gasteiger partial charge in [-0.05, 0) is 11.6 Å². The maximum absolute atomic E-state index is 12.8. The molecule has 0 fully saturated rings. The average molecular weight is 263 g/mol. The van der Waals surface area contributed by atoms with E-state index in [0.29, 0.717) is 6.20 Å². The van der Waals surface area contributed by atoms with Gasteiger partial charge in [-0.25, -0.2) is 4.79 Å². The van der Waals surface area contributed by atoms with Crippen molar-refractivity contribution in [2.45, 2.75) is 31.5 Å². The normalized spacial score (nSPS) is 14.3. The molecule has 1 heterocycles. The molecule has 0 aromatic carbocycles. The number of carboxylic acid groups (broad SMARTS) is 1. The van der Waals surface area contributed by atoms with Gasteiger partial charge in [0.15, 0.2) is 6.10 Å². The minimum Gasteiger partial charge on any atom is -0.479 e. The zero-order chi connectivity index (χ0) is 14.1. The minimum atomic E-state index is -4.65. The fourth-order valence-corrected chi connectivity index (χ4v) is 1.64. The molecule has 1 aromatic heterocycles. The molecular formula is C11H12F3NO3. The third-order valence-corrected chi connectivity index (χ3v) is 2.74. The van der Waals surface area contributed by atoms with E-state index in [2.05, 4.69) is 4.98 Å². The van der Waals surface area contributed by atoms with Crippen LogP contribution in [0.15, 0.2) is 18.5 Å². The lowest BCUT2D eigenvalue weighted by atomic mass is 9.77. The van der Waals surface area contributed by atoms with Gasteiger partial charge in [-0.1, -0.05) is 13.8 Å². The second-order valence-corrected chi connectivity index (χ2v) is 4.38. The number of aliphatic carboxylic acids is 1. The zero-order valence-corrected chi connectivity index (χ0v) is 9.69. The summed E-state index contributed by atoms with van der Waals surface area (Å²) in [4.78, 5) is 14.1. The molecule has 18 heavy (non-hydrogen) atoms. The summed E-state index contributed by atoms with van der Waals surface area (Å²) in [6, 6.07) is 1.06. The van der Waals surface area contributed by atoms with Crippen LogP contribution in [0.1, 0.15) is 25.0 Å². The lowest BCUT2D eigenvalue weighted by Gasteiger charge is -2.30. The Balaban J connectivity index is 3.37. The second-order valence-electron chi connectivity index (χ2n) is 4.38. The number of carbonyl (C=O) groups is 1. The molecule has 0 aliphatic heterocycles. The highest BCUT2D eigenvalue weighted by atomic mass is 19.4. The maximum Gasteiger partial charge on any atom is 0.418 e. The van der Waals surface area contributed by atoms with E-state index < -0.39 is 29.2 Å². The van der Waals surface area contributed by atoms with Crippen molar-refractivity contribution in [3.8, 4) is 0 Å². The molecule has 4 nitrogen and oxygen atoms in total. The number of halogens is 3. The molecule has 0 bridgehead atoms. The first-order valence-electron chi connectivity index (χ1n) is 5.01. The largest absolute Gasteiger partial charge is 0.479 e. The van der Waals surface area contributed by atoms with Crippen LogP contribution in [0.4, 0.5) is 13.2 Å². The quantitative estimate of drug-likeness (QED) is 0.872. The molecule has 0 radical (unpaired) electrons. The van der Waals surface area contributed by atoms with Gasteiger partial charge in [0, 0.05) is 17.8 Å². The number of rotatable bonds is 3. The number of nitrogens with zero attached hydrogens (tertiary/aromatic N) is 1. The number of hydrogen-bond donors (Lipinski definition) is 2. The molecule has 1 atom stereocenters. The Morgan fingerprint density at radius 2 is 1.89 bits per heavy atom. The van der Waals surface area contributed by atoms with Gasteiger partial charge in [0.05, 0.1) is 5.56 Å². The first-order chi connectivity index (χ1) is 8.08. The molecule has 0 amide bonds. The Morgan fingerprint density at radius 1 is 1.33 bits per heavy atom. The summed E-state index contributed by atoms with van der Waals surface area (Å²) >= 11 is 0. The zero-order valence-electron chi connectivity index (χ0n) is 9.69. The van der Waals surface area contributed by atoms with Crippen molar-refractivity contribution in [2.75, 3.05) is 0 Å². The predicted molar refractivity (Wildman–Crippen MR) is 55.9 cm³/mol. The Morgan fingerprint density at radius 3 is 2.33 bits per heavy atom. The van der Waals surface area contributed by atoms with Crippen LogP contribution in [-0.4, -0.2) is 27.3 Å². The fraction of sp³-hybridized carbons (Fsp3) is 0.455. The third kappa shape index (κ3) is 2.61. The van der Waals surface area contributed by atoms with Gasteiger partial charge in [0.2, 0.25) is 0 Å². The van der Waals surface area contributed by atoms with Crippen LogP contribution in [0, 0.1) is 0 Å². The number of carboxylic acids is 1. The molecule has 0 aliphatic carbocycles. The fourth-order valence-electron chi connectivity index (χ4n) is 1.64. The summed E-state index contributed by atoms with van der Waals surface area (Å²) in [5.74, 6) is -1.58. The van der Waals surface area contributed by atoms with E-state index in [1.807, 2.05) is 0 Å². The van der Waals surface area contributed by atoms with Crippen LogP contribution < -0.4 is 0 Å². The molecule has 1 unspecified atom stereocenters. The monoisotopic (exact) mass is 263 g/mol. The van der Waals surface area contributed by atoms with E-state index in [1.54, 1.807) is 0 Å². The first kappa shape index (κ1) is 14.4. The van der Waals surface area contributed by atoms with E-state index >= 15 is 0 Å². The van der Waals surface area contributed by atoms with Crippen LogP contribution >= 0.6 is 0 Å². The SMILES string of the molecule is CC(C)(c1ccncc1C(F)(F)F)C(O)C(=O)O. The Labute approximate surface area is 101 Å². The maximum atomic E-state index is 12.8. The highest BCUT2D eigenvalue weighted by molar-refractivity contribution is 5.74. The minimum absolute atomic E-state index is 0.306. The van der Waals surface area contributed by atoms with Gasteiger partial charge in [-0.15, -0.1) is 0 Å². The van der Waals surface area contributed by atoms with Crippen molar-refractivity contribution in [3.63, 3.8) is 0 Å². The summed E-state index contributed by atoms with van der Waals surface area (Å²) in [5, 5.41) is 18.2. The van der Waals surface area contributed by atoms with Gasteiger partial charge in [0.1, 0.15) is 0 Å². The summed E-state index contributed by atoms with van der Waals surface area (Å²) in [7, 11) is 0. The van der Waals surface area contributed by atoms with E-state index in [1.165, 1.54) is 13.8 Å². The lowest BCUT2D eigenvalue weighted by Crippen LogP contribution is -2.41. The predicted octanol–water partition coefficient (Wildman–Crippen LogP) is 1.82. The Kier molecular flexibility index (Phi) is 3.66. The van der Waals surface area contributed by atoms with Crippen LogP contribution in [0.2, 0.25) is 0 Å². The smallest absolute Gasteiger partial charge is 0.418 e. The second kappa shape index (κ2) is 4.56. The van der Waals surface area contributed by atoms with E-state index in [4.69, 9.17) is 5.11 Å². The molecular weight excluding hydrogens is 251 g/mol. The van der Waals surface area contributed by atoms with Gasteiger partial charge in [-0.3, -0.25) is 4.98 Å². The molecule has 0 spiro atoms. The van der Waals surface area contributed by atoms with Crippen molar-refractivity contribution in [1.29, 1.82) is 0 Å². The van der Waals surface area contributed by atoms with E-state index in [9.17, 15) is 23.1 Å². The van der Waals surface area contributed by atoms with Crippen molar-refractivity contribution in [1.82, 2.24) is 4.98 Å². The number of aromatic nitrogens is 1. The molecule has 7 heteroatoms. The van der Waals surface area contributed by atoms with Crippen molar-refractivity contribution in [2.24, 2.45) is 0 Å². The number of aliphatic hydroxyl groups is 1. The number of alkyl halides is 3. The van der Waals surface area contributed by atoms with Crippen molar-refractivity contribution >= 4 is 5.97 Å². The number of aliphatic hydroxyl groups excluding tert-OH is 1. The summed E-state index contributed by atoms with van der Waals surface area (Å²) in [6.07, 6.45) is -4.85. The van der Waals surface area contributed by atoms with Crippen LogP contribution in [0.3, 0.4) is 0 Å². The summed E-state index contributed by atoms with van der Waals surface area (Å²) in [5.41, 5.74) is -2.94. The highest BCUT2D eigenvalue weighted by Gasteiger charge is 2.42. The molecule has 1 aromatic rings. The highest BCUT2D eigenvalue weighted by Crippen LogP contribution is 2.38. The molecule has 2 N–H and O–H groups in total. The van der Waals surface area contributed by atoms with Gasteiger partial charge in [-0.2, -0.15) is 13.2 Å². The first-order valence-corrected chi connectivity index (χ1v) is 5.01. The topological polar surface area (TPSA) is 70.4 Å². The molecule has 0 aliphatic rings. The molecule has 1 rings (SSSR count). The standard InChI is InChI=1S/C11H12F3NO3/c1-10(2,8(16)9(17)18)6-3-4-15-5-7(6)11(12,13)14/h3-5,8,16H,1-2H3,(H,17,18). The van der Waals surface area contributed by atoms with E-state index in [-0.39, 0.29) is 5.56 Å². The number of hydrogen-bond acceptors (Lipinski definition) is 3. The molecule has 0 saturated carbocycles. The van der Waals surface area contributed by atoms with E-state index in [0.717, 1.165) is 12.3 Å². The van der Waals surface area contributed by atoms with Crippen molar-refractivity contribution in [3.05, 3.63) is 29.6 Å². The summed E-state index contributed by atoms with van der Waals surface area (Å²) < 4.78 is 38.3. The van der Waals surface area contributed by atoms with Gasteiger partial charge < -0.3 is 10.2 Å². The van der Waals surface area contributed by atoms with Crippen LogP contribution in [-0.2, 0) is 16.4 Å². The Hall–Kier alpha value is -1.63. The van der Waals surface area contributed by atoms with Gasteiger partial charge >= 0.3 is 12.1 Å². The average Bonchev–Trinajstić information content (AvgIpc) is 2.26. The lowest BCUT2D eigenvalue weighted by molar-refractivity contribution is -0.151. The third-order valence-electron chi connectivity index (χ3n) is 2.74.